The molecule has 0 N–H and O–H groups in total. The van der Waals surface area contributed by atoms with Crippen molar-refractivity contribution in [2.24, 2.45) is 0 Å². The van der Waals surface area contributed by atoms with Crippen LogP contribution in [-0.4, -0.2) is 79.6 Å². The Morgan fingerprint density at radius 2 is 1.96 bits per heavy atom. The first-order valence-electron chi connectivity index (χ1n) is 8.61. The molecule has 1 heterocycles. The zero-order valence-corrected chi connectivity index (χ0v) is 14.9. The first-order valence-corrected chi connectivity index (χ1v) is 8.61. The number of carbonyl (C=O) groups excluding carboxylic acids is 1. The Morgan fingerprint density at radius 3 is 2.58 bits per heavy atom. The van der Waals surface area contributed by atoms with Crippen molar-refractivity contribution in [1.82, 2.24) is 14.7 Å². The van der Waals surface area contributed by atoms with E-state index in [0.717, 1.165) is 32.7 Å². The van der Waals surface area contributed by atoms with E-state index in [1.165, 1.54) is 6.07 Å². The van der Waals surface area contributed by atoms with Crippen LogP contribution in [0.5, 0.6) is 5.75 Å². The van der Waals surface area contributed by atoms with Gasteiger partial charge in [-0.05, 0) is 32.6 Å². The van der Waals surface area contributed by atoms with Gasteiger partial charge in [-0.3, -0.25) is 9.69 Å². The Morgan fingerprint density at radius 1 is 1.29 bits per heavy atom. The normalized spacial score (nSPS) is 17.1. The number of benzene rings is 1. The molecule has 1 fully saturated rings. The first kappa shape index (κ1) is 18.7. The fourth-order valence-electron chi connectivity index (χ4n) is 2.79. The van der Waals surface area contributed by atoms with Gasteiger partial charge in [0.15, 0.2) is 11.6 Å². The number of likely N-dealkylation sites (N-methyl/N-ethyl adjacent to an activating group) is 2. The minimum atomic E-state index is -0.363. The monoisotopic (exact) mass is 337 g/mol. The standard InChI is InChI=1S/C18H28FN3O2/c1-4-21-9-11-22(12-10-21)18(23)15(2)20(3)13-14-24-17-8-6-5-7-16(17)19/h5-8,15H,4,9-14H2,1-3H3. The maximum absolute atomic E-state index is 13.5. The lowest BCUT2D eigenvalue weighted by atomic mass is 10.2. The molecule has 1 saturated heterocycles. The van der Waals surface area contributed by atoms with Crippen molar-refractivity contribution in [3.63, 3.8) is 0 Å². The Kier molecular flexibility index (Phi) is 6.99. The van der Waals surface area contributed by atoms with Gasteiger partial charge in [-0.2, -0.15) is 0 Å². The molecule has 6 heteroatoms. The minimum Gasteiger partial charge on any atom is -0.489 e. The molecule has 0 bridgehead atoms. The highest BCUT2D eigenvalue weighted by molar-refractivity contribution is 5.81. The van der Waals surface area contributed by atoms with Gasteiger partial charge in [0.2, 0.25) is 5.91 Å². The van der Waals surface area contributed by atoms with E-state index in [-0.39, 0.29) is 23.5 Å². The fraction of sp³-hybridized carbons (Fsp3) is 0.611. The average molecular weight is 337 g/mol. The van der Waals surface area contributed by atoms with E-state index in [1.807, 2.05) is 23.8 Å². The molecular formula is C18H28FN3O2. The molecule has 0 aromatic heterocycles. The third kappa shape index (κ3) is 4.92. The van der Waals surface area contributed by atoms with Gasteiger partial charge < -0.3 is 14.5 Å². The molecule has 1 atom stereocenters. The number of para-hydroxylation sites is 1. The fourth-order valence-corrected chi connectivity index (χ4v) is 2.79. The summed E-state index contributed by atoms with van der Waals surface area (Å²) >= 11 is 0. The van der Waals surface area contributed by atoms with Crippen molar-refractivity contribution in [2.45, 2.75) is 19.9 Å². The van der Waals surface area contributed by atoms with Gasteiger partial charge in [0.05, 0.1) is 6.04 Å². The molecule has 24 heavy (non-hydrogen) atoms. The highest BCUT2D eigenvalue weighted by Crippen LogP contribution is 2.15. The van der Waals surface area contributed by atoms with Crippen LogP contribution in [0.4, 0.5) is 4.39 Å². The van der Waals surface area contributed by atoms with Crippen LogP contribution in [0, 0.1) is 5.82 Å². The van der Waals surface area contributed by atoms with Crippen LogP contribution in [-0.2, 0) is 4.79 Å². The van der Waals surface area contributed by atoms with Gasteiger partial charge >= 0.3 is 0 Å². The summed E-state index contributed by atoms with van der Waals surface area (Å²) in [6.07, 6.45) is 0. The second-order valence-electron chi connectivity index (χ2n) is 6.20. The Labute approximate surface area is 144 Å². The van der Waals surface area contributed by atoms with E-state index >= 15 is 0 Å². The molecule has 1 aromatic carbocycles. The quantitative estimate of drug-likeness (QED) is 0.759. The van der Waals surface area contributed by atoms with Crippen LogP contribution in [0.15, 0.2) is 24.3 Å². The number of halogens is 1. The highest BCUT2D eigenvalue weighted by Gasteiger charge is 2.26. The molecule has 2 rings (SSSR count). The molecule has 0 spiro atoms. The van der Waals surface area contributed by atoms with Crippen LogP contribution >= 0.6 is 0 Å². The average Bonchev–Trinajstić information content (AvgIpc) is 2.62. The zero-order valence-electron chi connectivity index (χ0n) is 14.9. The Hall–Kier alpha value is -1.66. The summed E-state index contributed by atoms with van der Waals surface area (Å²) in [5.74, 6) is 0.0396. The third-order valence-corrected chi connectivity index (χ3v) is 4.69. The molecule has 1 aliphatic rings. The van der Waals surface area contributed by atoms with E-state index in [2.05, 4.69) is 11.8 Å². The summed E-state index contributed by atoms with van der Waals surface area (Å²) < 4.78 is 19.0. The maximum atomic E-state index is 13.5. The molecule has 1 aromatic rings. The molecule has 5 nitrogen and oxygen atoms in total. The summed E-state index contributed by atoms with van der Waals surface area (Å²) in [6, 6.07) is 6.15. The minimum absolute atomic E-state index is 0.152. The Balaban J connectivity index is 1.76. The number of ether oxygens (including phenoxy) is 1. The molecule has 0 saturated carbocycles. The number of nitrogens with zero attached hydrogens (tertiary/aromatic N) is 3. The van der Waals surface area contributed by atoms with Gasteiger partial charge in [-0.25, -0.2) is 4.39 Å². The van der Waals surface area contributed by atoms with Gasteiger partial charge in [0.25, 0.3) is 0 Å². The van der Waals surface area contributed by atoms with Crippen molar-refractivity contribution in [2.75, 3.05) is 52.9 Å². The predicted molar refractivity (Wildman–Crippen MR) is 92.7 cm³/mol. The molecule has 1 aliphatic heterocycles. The number of amides is 1. The first-order chi connectivity index (χ1) is 11.5. The van der Waals surface area contributed by atoms with E-state index < -0.39 is 0 Å². The van der Waals surface area contributed by atoms with Gasteiger partial charge in [-0.1, -0.05) is 19.1 Å². The van der Waals surface area contributed by atoms with Crippen LogP contribution in [0.2, 0.25) is 0 Å². The molecule has 0 aliphatic carbocycles. The summed E-state index contributed by atoms with van der Waals surface area (Å²) in [6.45, 7) is 9.46. The second kappa shape index (κ2) is 8.99. The van der Waals surface area contributed by atoms with Crippen LogP contribution < -0.4 is 4.74 Å². The van der Waals surface area contributed by atoms with Gasteiger partial charge in [-0.15, -0.1) is 0 Å². The summed E-state index contributed by atoms with van der Waals surface area (Å²) in [5.41, 5.74) is 0. The molecule has 0 radical (unpaired) electrons. The zero-order chi connectivity index (χ0) is 17.5. The Bertz CT molecular complexity index is 533. The van der Waals surface area contributed by atoms with E-state index in [0.29, 0.717) is 13.2 Å². The van der Waals surface area contributed by atoms with Crippen LogP contribution in [0.1, 0.15) is 13.8 Å². The lowest BCUT2D eigenvalue weighted by Crippen LogP contribution is -2.53. The van der Waals surface area contributed by atoms with Crippen molar-refractivity contribution in [3.05, 3.63) is 30.1 Å². The molecule has 1 unspecified atom stereocenters. The topological polar surface area (TPSA) is 36.0 Å². The number of hydrogen-bond donors (Lipinski definition) is 0. The van der Waals surface area contributed by atoms with Crippen molar-refractivity contribution >= 4 is 5.91 Å². The third-order valence-electron chi connectivity index (χ3n) is 4.69. The van der Waals surface area contributed by atoms with Crippen LogP contribution in [0.3, 0.4) is 0 Å². The van der Waals surface area contributed by atoms with Crippen molar-refractivity contribution in [1.29, 1.82) is 0 Å². The smallest absolute Gasteiger partial charge is 0.239 e. The second-order valence-corrected chi connectivity index (χ2v) is 6.20. The van der Waals surface area contributed by atoms with Crippen LogP contribution in [0.25, 0.3) is 0 Å². The summed E-state index contributed by atoms with van der Waals surface area (Å²) in [5, 5.41) is 0. The van der Waals surface area contributed by atoms with E-state index in [9.17, 15) is 9.18 Å². The highest BCUT2D eigenvalue weighted by atomic mass is 19.1. The molecular weight excluding hydrogens is 309 g/mol. The van der Waals surface area contributed by atoms with Crippen molar-refractivity contribution < 1.29 is 13.9 Å². The number of hydrogen-bond acceptors (Lipinski definition) is 4. The van der Waals surface area contributed by atoms with Gasteiger partial charge in [0.1, 0.15) is 6.61 Å². The lowest BCUT2D eigenvalue weighted by molar-refractivity contribution is -0.137. The van der Waals surface area contributed by atoms with Crippen molar-refractivity contribution in [3.8, 4) is 5.75 Å². The SMILES string of the molecule is CCN1CCN(C(=O)C(C)N(C)CCOc2ccccc2F)CC1. The number of rotatable bonds is 7. The number of piperazine rings is 1. The maximum Gasteiger partial charge on any atom is 0.239 e. The predicted octanol–water partition coefficient (Wildman–Crippen LogP) is 1.69. The number of carbonyl (C=O) groups is 1. The molecule has 1 amide bonds. The lowest BCUT2D eigenvalue weighted by Gasteiger charge is -2.37. The summed E-state index contributed by atoms with van der Waals surface area (Å²) in [7, 11) is 1.90. The summed E-state index contributed by atoms with van der Waals surface area (Å²) in [4.78, 5) is 18.8. The molecule has 134 valence electrons. The van der Waals surface area contributed by atoms with Gasteiger partial charge in [0, 0.05) is 32.7 Å². The largest absolute Gasteiger partial charge is 0.489 e. The van der Waals surface area contributed by atoms with E-state index in [1.54, 1.807) is 18.2 Å². The van der Waals surface area contributed by atoms with E-state index in [4.69, 9.17) is 4.74 Å².